The summed E-state index contributed by atoms with van der Waals surface area (Å²) in [6, 6.07) is 6.35. The summed E-state index contributed by atoms with van der Waals surface area (Å²) in [5.41, 5.74) is 5.86. The summed E-state index contributed by atoms with van der Waals surface area (Å²) in [7, 11) is 0. The number of fused-ring (bicyclic) bond motifs is 3. The van der Waals surface area contributed by atoms with Crippen LogP contribution in [0.5, 0.6) is 0 Å². The molecule has 0 fully saturated rings. The van der Waals surface area contributed by atoms with Crippen LogP contribution in [0.4, 0.5) is 0 Å². The van der Waals surface area contributed by atoms with Crippen LogP contribution in [0.2, 0.25) is 0 Å². The van der Waals surface area contributed by atoms with Crippen LogP contribution in [0.1, 0.15) is 34.5 Å². The molecule has 18 heavy (non-hydrogen) atoms. The molecule has 1 aromatic carbocycles. The standard InChI is InChI=1S/C15H14N2O/c1-9-5-6-13-11(7-9)10-3-2-4-12-15(10)17(13)14(18)8-16-12/h5-7H,2-4,8H2,1H3. The van der Waals surface area contributed by atoms with E-state index in [1.165, 1.54) is 16.5 Å². The number of aliphatic imine (C=N–C) groups is 1. The molecule has 1 aromatic heterocycles. The summed E-state index contributed by atoms with van der Waals surface area (Å²) in [5.74, 6) is 0.107. The number of hydrogen-bond donors (Lipinski definition) is 0. The van der Waals surface area contributed by atoms with Crippen molar-refractivity contribution >= 4 is 22.5 Å². The lowest BCUT2D eigenvalue weighted by Gasteiger charge is -2.20. The number of benzene rings is 1. The van der Waals surface area contributed by atoms with Gasteiger partial charge < -0.3 is 0 Å². The van der Waals surface area contributed by atoms with E-state index in [1.54, 1.807) is 0 Å². The predicted molar refractivity (Wildman–Crippen MR) is 71.6 cm³/mol. The van der Waals surface area contributed by atoms with E-state index < -0.39 is 0 Å². The molecule has 2 heterocycles. The van der Waals surface area contributed by atoms with Crippen LogP contribution in [0.25, 0.3) is 10.9 Å². The summed E-state index contributed by atoms with van der Waals surface area (Å²) in [6.07, 6.45) is 3.22. The van der Waals surface area contributed by atoms with Crippen molar-refractivity contribution in [3.63, 3.8) is 0 Å². The Bertz CT molecular complexity index is 722. The molecule has 0 bridgehead atoms. The fraction of sp³-hybridized carbons (Fsp3) is 0.333. The van der Waals surface area contributed by atoms with E-state index >= 15 is 0 Å². The van der Waals surface area contributed by atoms with E-state index in [-0.39, 0.29) is 5.91 Å². The fourth-order valence-corrected chi connectivity index (χ4v) is 3.22. The second kappa shape index (κ2) is 3.31. The van der Waals surface area contributed by atoms with Crippen molar-refractivity contribution in [3.8, 4) is 0 Å². The molecule has 2 aromatic rings. The van der Waals surface area contributed by atoms with Crippen molar-refractivity contribution in [2.24, 2.45) is 4.99 Å². The Balaban J connectivity index is 2.20. The molecule has 3 nitrogen and oxygen atoms in total. The molecular weight excluding hydrogens is 224 g/mol. The van der Waals surface area contributed by atoms with Crippen molar-refractivity contribution in [3.05, 3.63) is 35.0 Å². The van der Waals surface area contributed by atoms with Gasteiger partial charge in [0.05, 0.1) is 16.9 Å². The lowest BCUT2D eigenvalue weighted by molar-refractivity contribution is 0.0925. The van der Waals surface area contributed by atoms with Gasteiger partial charge in [-0.2, -0.15) is 0 Å². The van der Waals surface area contributed by atoms with Crippen molar-refractivity contribution in [2.45, 2.75) is 26.2 Å². The highest BCUT2D eigenvalue weighted by molar-refractivity contribution is 6.14. The number of hydrogen-bond acceptors (Lipinski definition) is 2. The Morgan fingerprint density at radius 2 is 2.17 bits per heavy atom. The van der Waals surface area contributed by atoms with Gasteiger partial charge in [0, 0.05) is 5.39 Å². The number of aromatic nitrogens is 1. The molecule has 0 N–H and O–H groups in total. The molecular formula is C15H14N2O. The SMILES string of the molecule is Cc1ccc2c(c1)c1c3n2C(=O)CN=C3CCC1. The lowest BCUT2D eigenvalue weighted by Crippen LogP contribution is -2.28. The van der Waals surface area contributed by atoms with E-state index in [1.807, 2.05) is 4.57 Å². The zero-order valence-corrected chi connectivity index (χ0v) is 10.4. The van der Waals surface area contributed by atoms with Crippen LogP contribution in [0.15, 0.2) is 23.2 Å². The van der Waals surface area contributed by atoms with Crippen molar-refractivity contribution in [1.82, 2.24) is 4.57 Å². The van der Waals surface area contributed by atoms with E-state index in [2.05, 4.69) is 30.1 Å². The van der Waals surface area contributed by atoms with Gasteiger partial charge >= 0.3 is 0 Å². The molecule has 2 aliphatic rings. The molecule has 0 radical (unpaired) electrons. The topological polar surface area (TPSA) is 34.4 Å². The van der Waals surface area contributed by atoms with Crippen LogP contribution < -0.4 is 0 Å². The predicted octanol–water partition coefficient (Wildman–Crippen LogP) is 2.73. The summed E-state index contributed by atoms with van der Waals surface area (Å²) in [5, 5.41) is 1.24. The summed E-state index contributed by atoms with van der Waals surface area (Å²) < 4.78 is 1.89. The normalized spacial score (nSPS) is 17.8. The van der Waals surface area contributed by atoms with E-state index in [9.17, 15) is 4.79 Å². The minimum Gasteiger partial charge on any atom is -0.278 e. The van der Waals surface area contributed by atoms with Crippen molar-refractivity contribution in [1.29, 1.82) is 0 Å². The van der Waals surface area contributed by atoms with Crippen LogP contribution >= 0.6 is 0 Å². The Hall–Kier alpha value is -1.90. The summed E-state index contributed by atoms with van der Waals surface area (Å²) in [4.78, 5) is 16.6. The molecule has 1 aliphatic heterocycles. The van der Waals surface area contributed by atoms with Gasteiger partial charge in [0.2, 0.25) is 0 Å². The number of nitrogens with zero attached hydrogens (tertiary/aromatic N) is 2. The number of carbonyl (C=O) groups excluding carboxylic acids is 1. The summed E-state index contributed by atoms with van der Waals surface area (Å²) in [6.45, 7) is 2.40. The molecule has 4 rings (SSSR count). The number of rotatable bonds is 0. The minimum atomic E-state index is 0.107. The monoisotopic (exact) mass is 238 g/mol. The van der Waals surface area contributed by atoms with Crippen LogP contribution in [0.3, 0.4) is 0 Å². The summed E-state index contributed by atoms with van der Waals surface area (Å²) >= 11 is 0. The van der Waals surface area contributed by atoms with Crippen LogP contribution in [0, 0.1) is 6.92 Å². The molecule has 0 saturated heterocycles. The van der Waals surface area contributed by atoms with Gasteiger partial charge in [-0.1, -0.05) is 11.6 Å². The third-order valence-corrected chi connectivity index (χ3v) is 4.00. The molecule has 0 spiro atoms. The van der Waals surface area contributed by atoms with E-state index in [0.717, 1.165) is 36.2 Å². The van der Waals surface area contributed by atoms with Gasteiger partial charge in [0.1, 0.15) is 6.54 Å². The Kier molecular flexibility index (Phi) is 1.85. The third-order valence-electron chi connectivity index (χ3n) is 4.00. The molecule has 0 amide bonds. The van der Waals surface area contributed by atoms with Crippen LogP contribution in [-0.2, 0) is 6.42 Å². The first-order valence-corrected chi connectivity index (χ1v) is 6.46. The number of carbonyl (C=O) groups is 1. The van der Waals surface area contributed by atoms with E-state index in [0.29, 0.717) is 6.54 Å². The van der Waals surface area contributed by atoms with Gasteiger partial charge in [0.25, 0.3) is 5.91 Å². The smallest absolute Gasteiger partial charge is 0.253 e. The maximum absolute atomic E-state index is 12.1. The Morgan fingerprint density at radius 3 is 3.06 bits per heavy atom. The minimum absolute atomic E-state index is 0.107. The average molecular weight is 238 g/mol. The van der Waals surface area contributed by atoms with Crippen molar-refractivity contribution < 1.29 is 4.79 Å². The first kappa shape index (κ1) is 10.1. The number of aryl methyl sites for hydroxylation is 2. The highest BCUT2D eigenvalue weighted by atomic mass is 16.2. The average Bonchev–Trinajstić information content (AvgIpc) is 2.70. The third kappa shape index (κ3) is 1.14. The maximum atomic E-state index is 12.1. The second-order valence-electron chi connectivity index (χ2n) is 5.19. The maximum Gasteiger partial charge on any atom is 0.253 e. The zero-order chi connectivity index (χ0) is 12.3. The highest BCUT2D eigenvalue weighted by Crippen LogP contribution is 2.34. The van der Waals surface area contributed by atoms with Crippen LogP contribution in [-0.4, -0.2) is 22.7 Å². The van der Waals surface area contributed by atoms with Gasteiger partial charge in [-0.25, -0.2) is 0 Å². The Morgan fingerprint density at radius 1 is 1.28 bits per heavy atom. The van der Waals surface area contributed by atoms with Crippen molar-refractivity contribution in [2.75, 3.05) is 6.54 Å². The fourth-order valence-electron chi connectivity index (χ4n) is 3.22. The quantitative estimate of drug-likeness (QED) is 0.695. The first-order valence-electron chi connectivity index (χ1n) is 6.46. The second-order valence-corrected chi connectivity index (χ2v) is 5.19. The highest BCUT2D eigenvalue weighted by Gasteiger charge is 2.29. The zero-order valence-electron chi connectivity index (χ0n) is 10.4. The van der Waals surface area contributed by atoms with Gasteiger partial charge in [-0.3, -0.25) is 14.4 Å². The molecule has 0 saturated carbocycles. The van der Waals surface area contributed by atoms with Gasteiger partial charge in [-0.05, 0) is 43.9 Å². The molecule has 90 valence electrons. The Labute approximate surface area is 105 Å². The van der Waals surface area contributed by atoms with Gasteiger partial charge in [-0.15, -0.1) is 0 Å². The first-order chi connectivity index (χ1) is 8.75. The molecule has 1 aliphatic carbocycles. The molecule has 3 heteroatoms. The van der Waals surface area contributed by atoms with E-state index in [4.69, 9.17) is 0 Å². The molecule has 0 unspecified atom stereocenters. The molecule has 0 atom stereocenters. The lowest BCUT2D eigenvalue weighted by atomic mass is 9.93. The largest absolute Gasteiger partial charge is 0.278 e. The van der Waals surface area contributed by atoms with Gasteiger partial charge in [0.15, 0.2) is 0 Å².